The summed E-state index contributed by atoms with van der Waals surface area (Å²) >= 11 is 0. The zero-order valence-electron chi connectivity index (χ0n) is 18.2. The maximum atomic E-state index is 13.2. The number of hydrogen-bond acceptors (Lipinski definition) is 8. The molecule has 0 atom stereocenters. The average molecular weight is 464 g/mol. The number of sulfonamides is 1. The molecule has 0 aliphatic carbocycles. The molecule has 3 heterocycles. The van der Waals surface area contributed by atoms with Gasteiger partial charge in [-0.2, -0.15) is 4.31 Å². The summed E-state index contributed by atoms with van der Waals surface area (Å²) in [6.45, 7) is 5.36. The molecule has 1 amide bonds. The minimum atomic E-state index is -3.59. The fraction of sp³-hybridized carbons (Fsp3) is 0.524. The number of morpholine rings is 1. The van der Waals surface area contributed by atoms with Crippen molar-refractivity contribution >= 4 is 33.2 Å². The summed E-state index contributed by atoms with van der Waals surface area (Å²) in [4.78, 5) is 14.7. The van der Waals surface area contributed by atoms with E-state index in [1.165, 1.54) is 0 Å². The highest BCUT2D eigenvalue weighted by Gasteiger charge is 2.27. The molecule has 0 bridgehead atoms. The van der Waals surface area contributed by atoms with Crippen molar-refractivity contribution in [3.05, 3.63) is 30.0 Å². The van der Waals surface area contributed by atoms with Crippen LogP contribution in [0, 0.1) is 6.92 Å². The van der Waals surface area contributed by atoms with Gasteiger partial charge in [-0.05, 0) is 38.0 Å². The Labute approximate surface area is 187 Å². The van der Waals surface area contributed by atoms with Crippen LogP contribution in [-0.2, 0) is 19.6 Å². The molecule has 0 saturated carbocycles. The molecular weight excluding hydrogens is 434 g/mol. The van der Waals surface area contributed by atoms with E-state index in [-0.39, 0.29) is 23.2 Å². The number of carbonyl (C=O) groups excluding carboxylic acids is 1. The smallest absolute Gasteiger partial charge is 0.246 e. The van der Waals surface area contributed by atoms with Crippen molar-refractivity contribution < 1.29 is 22.5 Å². The van der Waals surface area contributed by atoms with Gasteiger partial charge >= 0.3 is 0 Å². The molecule has 2 fully saturated rings. The maximum Gasteiger partial charge on any atom is 0.246 e. The van der Waals surface area contributed by atoms with Gasteiger partial charge in [0.05, 0.1) is 41.7 Å². The van der Waals surface area contributed by atoms with Crippen molar-refractivity contribution in [2.75, 3.05) is 61.5 Å². The van der Waals surface area contributed by atoms with Gasteiger partial charge in [-0.1, -0.05) is 11.6 Å². The first kappa shape index (κ1) is 22.6. The number of piperidine rings is 1. The summed E-state index contributed by atoms with van der Waals surface area (Å²) in [6.07, 6.45) is 2.80. The van der Waals surface area contributed by atoms with Gasteiger partial charge in [0.2, 0.25) is 21.8 Å². The highest BCUT2D eigenvalue weighted by molar-refractivity contribution is 7.89. The Morgan fingerprint density at radius 1 is 1.09 bits per heavy atom. The molecule has 174 valence electrons. The lowest BCUT2D eigenvalue weighted by molar-refractivity contribution is -0.114. The van der Waals surface area contributed by atoms with E-state index in [2.05, 4.69) is 20.7 Å². The van der Waals surface area contributed by atoms with Gasteiger partial charge in [-0.3, -0.25) is 10.1 Å². The number of rotatable bonds is 7. The number of hydrogen-bond donors (Lipinski definition) is 2. The quantitative estimate of drug-likeness (QED) is 0.641. The van der Waals surface area contributed by atoms with Crippen LogP contribution in [0.4, 0.5) is 17.3 Å². The minimum Gasteiger partial charge on any atom is -0.378 e. The van der Waals surface area contributed by atoms with Crippen LogP contribution in [0.1, 0.15) is 25.0 Å². The van der Waals surface area contributed by atoms with Crippen LogP contribution in [-0.4, -0.2) is 69.7 Å². The Morgan fingerprint density at radius 3 is 2.53 bits per heavy atom. The van der Waals surface area contributed by atoms with E-state index in [1.807, 2.05) is 6.07 Å². The van der Waals surface area contributed by atoms with Crippen LogP contribution in [0.2, 0.25) is 0 Å². The Morgan fingerprint density at radius 2 is 1.84 bits per heavy atom. The number of carbonyl (C=O) groups is 1. The monoisotopic (exact) mass is 463 g/mol. The van der Waals surface area contributed by atoms with E-state index in [1.54, 1.807) is 29.4 Å². The second kappa shape index (κ2) is 9.88. The first-order chi connectivity index (χ1) is 15.4. The number of aromatic nitrogens is 1. The molecular formula is C21H29N5O5S. The zero-order valence-corrected chi connectivity index (χ0v) is 19.0. The molecule has 0 radical (unpaired) electrons. The largest absolute Gasteiger partial charge is 0.378 e. The number of nitrogens with zero attached hydrogens (tertiary/aromatic N) is 3. The second-order valence-corrected chi connectivity index (χ2v) is 9.92. The molecule has 2 aliphatic rings. The van der Waals surface area contributed by atoms with Gasteiger partial charge in [-0.25, -0.2) is 8.42 Å². The van der Waals surface area contributed by atoms with Crippen LogP contribution in [0.3, 0.4) is 0 Å². The molecule has 0 unspecified atom stereocenters. The fourth-order valence-corrected chi connectivity index (χ4v) is 5.47. The van der Waals surface area contributed by atoms with Gasteiger partial charge in [0.15, 0.2) is 0 Å². The van der Waals surface area contributed by atoms with Gasteiger partial charge in [0.25, 0.3) is 0 Å². The lowest BCUT2D eigenvalue weighted by Gasteiger charge is -2.31. The third-order valence-electron chi connectivity index (χ3n) is 5.60. The Hall–Kier alpha value is -2.63. The van der Waals surface area contributed by atoms with Gasteiger partial charge < -0.3 is 19.5 Å². The fourth-order valence-electron chi connectivity index (χ4n) is 3.93. The van der Waals surface area contributed by atoms with Gasteiger partial charge in [-0.15, -0.1) is 0 Å². The van der Waals surface area contributed by atoms with Gasteiger partial charge in [0, 0.05) is 32.2 Å². The molecule has 10 nitrogen and oxygen atoms in total. The highest BCUT2D eigenvalue weighted by Crippen LogP contribution is 2.31. The second-order valence-electron chi connectivity index (χ2n) is 7.98. The average Bonchev–Trinajstić information content (AvgIpc) is 3.23. The number of ether oxygens (including phenoxy) is 1. The molecule has 2 saturated heterocycles. The van der Waals surface area contributed by atoms with Crippen LogP contribution < -0.4 is 15.5 Å². The number of aryl methyl sites for hydroxylation is 1. The Balaban J connectivity index is 1.55. The van der Waals surface area contributed by atoms with Crippen LogP contribution >= 0.6 is 0 Å². The maximum absolute atomic E-state index is 13.2. The Bertz CT molecular complexity index is 1040. The molecule has 11 heteroatoms. The molecule has 1 aromatic carbocycles. The third kappa shape index (κ3) is 5.22. The normalized spacial score (nSPS) is 17.8. The number of amides is 1. The standard InChI is InChI=1S/C21H29N5O5S/c1-16-13-21(31-24-16)23-20(27)15-22-18-14-17(32(28,29)26-7-3-2-4-8-26)5-6-19(18)25-9-11-30-12-10-25/h5-6,13-14,22H,2-4,7-12,15H2,1H3,(H,23,27). The number of anilines is 3. The summed E-state index contributed by atoms with van der Waals surface area (Å²) in [5, 5.41) is 9.50. The van der Waals surface area contributed by atoms with Crippen LogP contribution in [0.15, 0.2) is 33.7 Å². The third-order valence-corrected chi connectivity index (χ3v) is 7.50. The molecule has 1 aromatic heterocycles. The van der Waals surface area contributed by atoms with Crippen molar-refractivity contribution in [2.45, 2.75) is 31.1 Å². The summed E-state index contributed by atoms with van der Waals surface area (Å²) in [5.41, 5.74) is 2.10. The van der Waals surface area contributed by atoms with Crippen molar-refractivity contribution in [2.24, 2.45) is 0 Å². The predicted molar refractivity (Wildman–Crippen MR) is 120 cm³/mol. The van der Waals surface area contributed by atoms with Crippen molar-refractivity contribution in [1.29, 1.82) is 0 Å². The summed E-state index contributed by atoms with van der Waals surface area (Å²) in [5.74, 6) is -0.0532. The van der Waals surface area contributed by atoms with E-state index in [0.29, 0.717) is 50.8 Å². The predicted octanol–water partition coefficient (Wildman–Crippen LogP) is 2.04. The minimum absolute atomic E-state index is 0.0513. The summed E-state index contributed by atoms with van der Waals surface area (Å²) in [6, 6.07) is 6.71. The summed E-state index contributed by atoms with van der Waals surface area (Å²) in [7, 11) is -3.59. The topological polar surface area (TPSA) is 117 Å². The van der Waals surface area contributed by atoms with E-state index in [9.17, 15) is 13.2 Å². The number of benzene rings is 1. The zero-order chi connectivity index (χ0) is 22.6. The molecule has 2 N–H and O–H groups in total. The Kier molecular flexibility index (Phi) is 6.97. The van der Waals surface area contributed by atoms with Crippen molar-refractivity contribution in [3.63, 3.8) is 0 Å². The molecule has 2 aromatic rings. The van der Waals surface area contributed by atoms with E-state index in [4.69, 9.17) is 9.26 Å². The lowest BCUT2D eigenvalue weighted by atomic mass is 10.2. The first-order valence-corrected chi connectivity index (χ1v) is 12.3. The highest BCUT2D eigenvalue weighted by atomic mass is 32.2. The molecule has 2 aliphatic heterocycles. The van der Waals surface area contributed by atoms with E-state index >= 15 is 0 Å². The van der Waals surface area contributed by atoms with E-state index < -0.39 is 10.0 Å². The molecule has 4 rings (SSSR count). The van der Waals surface area contributed by atoms with Crippen LogP contribution in [0.5, 0.6) is 0 Å². The first-order valence-electron chi connectivity index (χ1n) is 10.9. The van der Waals surface area contributed by atoms with E-state index in [0.717, 1.165) is 24.9 Å². The van der Waals surface area contributed by atoms with Crippen molar-refractivity contribution in [3.8, 4) is 0 Å². The van der Waals surface area contributed by atoms with Crippen molar-refractivity contribution in [1.82, 2.24) is 9.46 Å². The lowest BCUT2D eigenvalue weighted by Crippen LogP contribution is -2.37. The van der Waals surface area contributed by atoms with Gasteiger partial charge in [0.1, 0.15) is 0 Å². The molecule has 32 heavy (non-hydrogen) atoms. The molecule has 0 spiro atoms. The summed E-state index contributed by atoms with van der Waals surface area (Å²) < 4.78 is 38.4. The SMILES string of the molecule is Cc1cc(NC(=O)CNc2cc(S(=O)(=O)N3CCCCC3)ccc2N2CCOCC2)on1. The number of nitrogens with one attached hydrogen (secondary N) is 2. The van der Waals surface area contributed by atoms with Crippen LogP contribution in [0.25, 0.3) is 0 Å².